The van der Waals surface area contributed by atoms with Crippen LogP contribution in [0.4, 0.5) is 0 Å². The van der Waals surface area contributed by atoms with Crippen LogP contribution < -0.4 is 5.73 Å². The summed E-state index contributed by atoms with van der Waals surface area (Å²) < 4.78 is 2.71. The lowest BCUT2D eigenvalue weighted by Gasteiger charge is -2.06. The van der Waals surface area contributed by atoms with Gasteiger partial charge in [0.25, 0.3) is 0 Å². The Kier molecular flexibility index (Phi) is 3.63. The Balaban J connectivity index is 2.34. The molecule has 1 heterocycles. The van der Waals surface area contributed by atoms with Gasteiger partial charge in [-0.1, -0.05) is 17.7 Å². The summed E-state index contributed by atoms with van der Waals surface area (Å²) in [4.78, 5) is 0. The molecule has 0 radical (unpaired) electrons. The van der Waals surface area contributed by atoms with E-state index in [4.69, 9.17) is 17.3 Å². The molecular formula is C11H11BrClN3. The summed E-state index contributed by atoms with van der Waals surface area (Å²) in [6, 6.07) is 5.86. The van der Waals surface area contributed by atoms with E-state index in [-0.39, 0.29) is 0 Å². The Morgan fingerprint density at radius 3 is 2.81 bits per heavy atom. The Morgan fingerprint density at radius 1 is 1.44 bits per heavy atom. The maximum Gasteiger partial charge on any atom is 0.0661 e. The number of hydrogen-bond acceptors (Lipinski definition) is 2. The molecule has 0 saturated carbocycles. The van der Waals surface area contributed by atoms with Gasteiger partial charge in [-0.3, -0.25) is 0 Å². The largest absolute Gasteiger partial charge is 0.330 e. The van der Waals surface area contributed by atoms with Crippen LogP contribution in [0.1, 0.15) is 5.56 Å². The van der Waals surface area contributed by atoms with Crippen molar-refractivity contribution < 1.29 is 0 Å². The van der Waals surface area contributed by atoms with E-state index in [0.29, 0.717) is 6.54 Å². The fraction of sp³-hybridized carbons (Fsp3) is 0.182. The molecule has 0 aliphatic rings. The molecule has 0 saturated heterocycles. The molecular weight excluding hydrogens is 289 g/mol. The summed E-state index contributed by atoms with van der Waals surface area (Å²) in [5, 5.41) is 4.92. The molecule has 0 atom stereocenters. The lowest BCUT2D eigenvalue weighted by Crippen LogP contribution is -2.03. The summed E-state index contributed by atoms with van der Waals surface area (Å²) in [7, 11) is 0. The number of rotatable bonds is 3. The fourth-order valence-electron chi connectivity index (χ4n) is 1.48. The quantitative estimate of drug-likeness (QED) is 0.947. The Hall–Kier alpha value is -0.840. The van der Waals surface area contributed by atoms with E-state index >= 15 is 0 Å². The number of hydrogen-bond donors (Lipinski definition) is 1. The van der Waals surface area contributed by atoms with Crippen LogP contribution in [0.2, 0.25) is 5.02 Å². The Labute approximate surface area is 107 Å². The zero-order valence-electron chi connectivity index (χ0n) is 8.53. The molecule has 1 aromatic heterocycles. The van der Waals surface area contributed by atoms with Crippen LogP contribution in [0, 0.1) is 0 Å². The van der Waals surface area contributed by atoms with Crippen molar-refractivity contribution in [2.75, 3.05) is 6.54 Å². The molecule has 2 rings (SSSR count). The minimum absolute atomic E-state index is 0.604. The summed E-state index contributed by atoms with van der Waals surface area (Å²) in [6.07, 6.45) is 4.41. The molecule has 0 amide bonds. The van der Waals surface area contributed by atoms with Crippen molar-refractivity contribution in [2.45, 2.75) is 6.42 Å². The fourth-order valence-corrected chi connectivity index (χ4v) is 2.03. The van der Waals surface area contributed by atoms with Gasteiger partial charge in [-0.15, -0.1) is 0 Å². The normalized spacial score (nSPS) is 10.7. The van der Waals surface area contributed by atoms with Gasteiger partial charge in [-0.25, -0.2) is 4.68 Å². The van der Waals surface area contributed by atoms with Crippen LogP contribution in [0.25, 0.3) is 5.69 Å². The van der Waals surface area contributed by atoms with Crippen LogP contribution >= 0.6 is 27.5 Å². The van der Waals surface area contributed by atoms with E-state index in [1.807, 2.05) is 24.4 Å². The van der Waals surface area contributed by atoms with Gasteiger partial charge in [-0.2, -0.15) is 5.10 Å². The molecule has 0 unspecified atom stereocenters. The second-order valence-electron chi connectivity index (χ2n) is 3.42. The SMILES string of the molecule is NCCc1ccc(-n2cc(Br)cn2)cc1Cl. The van der Waals surface area contributed by atoms with Gasteiger partial charge < -0.3 is 5.73 Å². The predicted octanol–water partition coefficient (Wildman–Crippen LogP) is 2.79. The molecule has 2 aromatic rings. The van der Waals surface area contributed by atoms with Crippen LogP contribution in [-0.4, -0.2) is 16.3 Å². The van der Waals surface area contributed by atoms with E-state index in [1.165, 1.54) is 0 Å². The molecule has 0 aliphatic carbocycles. The third-order valence-electron chi connectivity index (χ3n) is 2.27. The van der Waals surface area contributed by atoms with Crippen molar-refractivity contribution in [1.82, 2.24) is 9.78 Å². The Bertz CT molecular complexity index is 496. The Morgan fingerprint density at radius 2 is 2.25 bits per heavy atom. The lowest BCUT2D eigenvalue weighted by molar-refractivity contribution is 0.877. The molecule has 5 heteroatoms. The van der Waals surface area contributed by atoms with E-state index in [0.717, 1.165) is 27.2 Å². The van der Waals surface area contributed by atoms with Gasteiger partial charge in [0.1, 0.15) is 0 Å². The molecule has 0 aliphatic heterocycles. The molecule has 2 N–H and O–H groups in total. The second kappa shape index (κ2) is 4.99. The highest BCUT2D eigenvalue weighted by atomic mass is 79.9. The molecule has 16 heavy (non-hydrogen) atoms. The van der Waals surface area contributed by atoms with Crippen LogP contribution in [0.15, 0.2) is 35.1 Å². The van der Waals surface area contributed by atoms with E-state index < -0.39 is 0 Å². The number of nitrogens with zero attached hydrogens (tertiary/aromatic N) is 2. The van der Waals surface area contributed by atoms with Crippen molar-refractivity contribution in [2.24, 2.45) is 5.73 Å². The predicted molar refractivity (Wildman–Crippen MR) is 69.0 cm³/mol. The van der Waals surface area contributed by atoms with Crippen molar-refractivity contribution >= 4 is 27.5 Å². The monoisotopic (exact) mass is 299 g/mol. The molecule has 0 spiro atoms. The highest BCUT2D eigenvalue weighted by Crippen LogP contribution is 2.21. The summed E-state index contributed by atoms with van der Waals surface area (Å²) in [5.41, 5.74) is 7.51. The first kappa shape index (κ1) is 11.6. The average Bonchev–Trinajstić information content (AvgIpc) is 2.68. The smallest absolute Gasteiger partial charge is 0.0661 e. The van der Waals surface area contributed by atoms with E-state index in [9.17, 15) is 0 Å². The molecule has 3 nitrogen and oxygen atoms in total. The molecule has 0 fully saturated rings. The number of aromatic nitrogens is 2. The number of benzene rings is 1. The number of nitrogens with two attached hydrogens (primary N) is 1. The minimum Gasteiger partial charge on any atom is -0.330 e. The van der Waals surface area contributed by atoms with Gasteiger partial charge in [0.05, 0.1) is 16.4 Å². The molecule has 1 aromatic carbocycles. The third kappa shape index (κ3) is 2.45. The summed E-state index contributed by atoms with van der Waals surface area (Å²) >= 11 is 9.51. The number of halogens is 2. The molecule has 84 valence electrons. The second-order valence-corrected chi connectivity index (χ2v) is 4.74. The third-order valence-corrected chi connectivity index (χ3v) is 3.03. The van der Waals surface area contributed by atoms with E-state index in [2.05, 4.69) is 21.0 Å². The van der Waals surface area contributed by atoms with Gasteiger partial charge in [0.15, 0.2) is 0 Å². The van der Waals surface area contributed by atoms with Crippen molar-refractivity contribution in [3.63, 3.8) is 0 Å². The maximum atomic E-state index is 6.16. The topological polar surface area (TPSA) is 43.8 Å². The minimum atomic E-state index is 0.604. The zero-order chi connectivity index (χ0) is 11.5. The summed E-state index contributed by atoms with van der Waals surface area (Å²) in [6.45, 7) is 0.604. The van der Waals surface area contributed by atoms with Crippen molar-refractivity contribution in [3.05, 3.63) is 45.7 Å². The average molecular weight is 301 g/mol. The van der Waals surface area contributed by atoms with Crippen LogP contribution in [0.5, 0.6) is 0 Å². The first-order valence-electron chi connectivity index (χ1n) is 4.90. The van der Waals surface area contributed by atoms with Gasteiger partial charge >= 0.3 is 0 Å². The van der Waals surface area contributed by atoms with Gasteiger partial charge in [0.2, 0.25) is 0 Å². The zero-order valence-corrected chi connectivity index (χ0v) is 10.9. The highest BCUT2D eigenvalue weighted by molar-refractivity contribution is 9.10. The first-order chi connectivity index (χ1) is 7.70. The summed E-state index contributed by atoms with van der Waals surface area (Å²) in [5.74, 6) is 0. The van der Waals surface area contributed by atoms with E-state index in [1.54, 1.807) is 10.9 Å². The lowest BCUT2D eigenvalue weighted by atomic mass is 10.1. The first-order valence-corrected chi connectivity index (χ1v) is 6.07. The van der Waals surface area contributed by atoms with Crippen molar-refractivity contribution in [1.29, 1.82) is 0 Å². The van der Waals surface area contributed by atoms with Crippen LogP contribution in [-0.2, 0) is 6.42 Å². The maximum absolute atomic E-state index is 6.16. The van der Waals surface area contributed by atoms with Crippen LogP contribution in [0.3, 0.4) is 0 Å². The van der Waals surface area contributed by atoms with Gasteiger partial charge in [0, 0.05) is 11.2 Å². The standard InChI is InChI=1S/C11H11BrClN3/c12-9-6-15-16(7-9)10-2-1-8(3-4-14)11(13)5-10/h1-2,5-7H,3-4,14H2. The van der Waals surface area contributed by atoms with Gasteiger partial charge in [-0.05, 0) is 46.6 Å². The molecule has 0 bridgehead atoms. The highest BCUT2D eigenvalue weighted by Gasteiger charge is 2.03. The van der Waals surface area contributed by atoms with Crippen molar-refractivity contribution in [3.8, 4) is 5.69 Å².